The highest BCUT2D eigenvalue weighted by Crippen LogP contribution is 2.34. The zero-order valence-corrected chi connectivity index (χ0v) is 12.5. The smallest absolute Gasteiger partial charge is 0.157 e. The lowest BCUT2D eigenvalue weighted by Crippen LogP contribution is -2.44. The van der Waals surface area contributed by atoms with E-state index in [1.54, 1.807) is 18.9 Å². The Balaban J connectivity index is 1.53. The molecule has 1 saturated heterocycles. The molecule has 20 heavy (non-hydrogen) atoms. The van der Waals surface area contributed by atoms with E-state index >= 15 is 0 Å². The molecule has 3 rings (SSSR count). The van der Waals surface area contributed by atoms with Gasteiger partial charge in [0.25, 0.3) is 0 Å². The summed E-state index contributed by atoms with van der Waals surface area (Å²) in [6, 6.07) is 10.5. The van der Waals surface area contributed by atoms with Gasteiger partial charge in [0, 0.05) is 26.7 Å². The lowest BCUT2D eigenvalue weighted by Gasteiger charge is -2.26. The van der Waals surface area contributed by atoms with Crippen LogP contribution in [0.4, 0.5) is 0 Å². The van der Waals surface area contributed by atoms with E-state index in [0.29, 0.717) is 11.9 Å². The molecule has 2 unspecified atom stereocenters. The Kier molecular flexibility index (Phi) is 4.29. The first-order valence-corrected chi connectivity index (χ1v) is 7.82. The summed E-state index contributed by atoms with van der Waals surface area (Å²) in [6.45, 7) is 3.04. The molecule has 0 radical (unpaired) electrons. The highest BCUT2D eigenvalue weighted by atomic mass is 32.2. The molecule has 0 amide bonds. The molecular weight excluding hydrogens is 272 g/mol. The Hall–Kier alpha value is -1.04. The first kappa shape index (κ1) is 13.9. The first-order chi connectivity index (χ1) is 9.81. The molecule has 0 spiro atoms. The highest BCUT2D eigenvalue weighted by molar-refractivity contribution is 8.14. The number of aliphatic imine (C=N–C) groups is 1. The van der Waals surface area contributed by atoms with E-state index in [9.17, 15) is 0 Å². The monoisotopic (exact) mass is 292 g/mol. The van der Waals surface area contributed by atoms with Crippen LogP contribution in [0.15, 0.2) is 35.3 Å². The zero-order chi connectivity index (χ0) is 13.8. The van der Waals surface area contributed by atoms with Crippen molar-refractivity contribution < 1.29 is 9.47 Å². The van der Waals surface area contributed by atoms with Crippen molar-refractivity contribution in [3.63, 3.8) is 0 Å². The molecule has 1 aromatic carbocycles. The minimum absolute atomic E-state index is 0.187. The third-order valence-corrected chi connectivity index (χ3v) is 5.09. The number of nitrogens with one attached hydrogen (secondary N) is 1. The molecular formula is C15H20N2O2S. The normalized spacial score (nSPS) is 29.4. The van der Waals surface area contributed by atoms with Crippen LogP contribution in [-0.2, 0) is 9.47 Å². The van der Waals surface area contributed by atoms with E-state index in [4.69, 9.17) is 9.47 Å². The molecule has 4 nitrogen and oxygen atoms in total. The Morgan fingerprint density at radius 3 is 3.00 bits per heavy atom. The van der Waals surface area contributed by atoms with Crippen LogP contribution in [0.1, 0.15) is 17.2 Å². The van der Waals surface area contributed by atoms with Crippen molar-refractivity contribution >= 4 is 16.9 Å². The van der Waals surface area contributed by atoms with Gasteiger partial charge in [-0.25, -0.2) is 0 Å². The molecule has 0 saturated carbocycles. The van der Waals surface area contributed by atoms with E-state index in [2.05, 4.69) is 34.6 Å². The third kappa shape index (κ3) is 3.00. The van der Waals surface area contributed by atoms with E-state index in [-0.39, 0.29) is 5.60 Å². The predicted octanol–water partition coefficient (Wildman–Crippen LogP) is 2.23. The standard InChI is InChI=1S/C15H20N2O2S/c1-18-15(7-8-19-11-15)10-17-14-16-9-13(20-14)12-5-3-2-4-6-12/h2-6,13H,7-11H2,1H3,(H,16,17). The lowest BCUT2D eigenvalue weighted by molar-refractivity contribution is -0.0125. The molecule has 1 aromatic rings. The number of methoxy groups -OCH3 is 1. The number of ether oxygens (including phenoxy) is 2. The van der Waals surface area contributed by atoms with Gasteiger partial charge in [0.15, 0.2) is 5.17 Å². The number of benzene rings is 1. The fourth-order valence-corrected chi connectivity index (χ4v) is 3.53. The molecule has 0 aromatic heterocycles. The van der Waals surface area contributed by atoms with Gasteiger partial charge in [-0.15, -0.1) is 0 Å². The maximum absolute atomic E-state index is 5.62. The van der Waals surface area contributed by atoms with Crippen molar-refractivity contribution in [2.24, 2.45) is 4.99 Å². The van der Waals surface area contributed by atoms with Gasteiger partial charge in [-0.05, 0) is 5.56 Å². The molecule has 0 bridgehead atoms. The van der Waals surface area contributed by atoms with Crippen LogP contribution in [0.5, 0.6) is 0 Å². The molecule has 2 heterocycles. The van der Waals surface area contributed by atoms with E-state index in [1.165, 1.54) is 5.56 Å². The van der Waals surface area contributed by atoms with Crippen LogP contribution in [0.3, 0.4) is 0 Å². The van der Waals surface area contributed by atoms with Gasteiger partial charge in [0.2, 0.25) is 0 Å². The summed E-state index contributed by atoms with van der Waals surface area (Å²) in [5, 5.41) is 4.87. The number of hydrogen-bond donors (Lipinski definition) is 1. The van der Waals surface area contributed by atoms with E-state index in [1.807, 2.05) is 6.07 Å². The maximum Gasteiger partial charge on any atom is 0.157 e. The Bertz CT molecular complexity index is 472. The number of nitrogens with zero attached hydrogens (tertiary/aromatic N) is 1. The summed E-state index contributed by atoms with van der Waals surface area (Å²) in [6.07, 6.45) is 0.941. The molecule has 0 aliphatic carbocycles. The minimum atomic E-state index is -0.187. The quantitative estimate of drug-likeness (QED) is 0.924. The fraction of sp³-hybridized carbons (Fsp3) is 0.533. The van der Waals surface area contributed by atoms with E-state index in [0.717, 1.165) is 31.3 Å². The molecule has 1 fully saturated rings. The van der Waals surface area contributed by atoms with Crippen LogP contribution < -0.4 is 5.32 Å². The average Bonchev–Trinajstić information content (AvgIpc) is 3.16. The second-order valence-electron chi connectivity index (χ2n) is 5.21. The van der Waals surface area contributed by atoms with Crippen LogP contribution in [0.2, 0.25) is 0 Å². The van der Waals surface area contributed by atoms with Crippen molar-refractivity contribution in [3.8, 4) is 0 Å². The number of thioether (sulfide) groups is 1. The second-order valence-corrected chi connectivity index (χ2v) is 6.40. The fourth-order valence-electron chi connectivity index (χ4n) is 2.51. The number of rotatable bonds is 4. The SMILES string of the molecule is COC1(CNC2=NCC(c3ccccc3)S2)CCOC1. The molecule has 108 valence electrons. The minimum Gasteiger partial charge on any atom is -0.378 e. The molecule has 2 aliphatic rings. The van der Waals surface area contributed by atoms with Crippen molar-refractivity contribution in [1.82, 2.24) is 5.32 Å². The van der Waals surface area contributed by atoms with Crippen molar-refractivity contribution in [2.75, 3.05) is 33.4 Å². The van der Waals surface area contributed by atoms with E-state index < -0.39 is 0 Å². The van der Waals surface area contributed by atoms with Gasteiger partial charge < -0.3 is 14.8 Å². The van der Waals surface area contributed by atoms with Crippen molar-refractivity contribution in [3.05, 3.63) is 35.9 Å². The summed E-state index contributed by atoms with van der Waals surface area (Å²) in [4.78, 5) is 4.59. The topological polar surface area (TPSA) is 42.8 Å². The van der Waals surface area contributed by atoms with Crippen LogP contribution >= 0.6 is 11.8 Å². The predicted molar refractivity (Wildman–Crippen MR) is 82.3 cm³/mol. The van der Waals surface area contributed by atoms with Crippen LogP contribution in [0, 0.1) is 0 Å². The second kappa shape index (κ2) is 6.16. The molecule has 2 atom stereocenters. The van der Waals surface area contributed by atoms with Gasteiger partial charge in [-0.2, -0.15) is 0 Å². The number of hydrogen-bond acceptors (Lipinski definition) is 5. The molecule has 1 N–H and O–H groups in total. The van der Waals surface area contributed by atoms with Gasteiger partial charge in [0.05, 0.1) is 18.4 Å². The average molecular weight is 292 g/mol. The maximum atomic E-state index is 5.62. The highest BCUT2D eigenvalue weighted by Gasteiger charge is 2.35. The van der Waals surface area contributed by atoms with Gasteiger partial charge >= 0.3 is 0 Å². The first-order valence-electron chi connectivity index (χ1n) is 6.94. The van der Waals surface area contributed by atoms with Crippen molar-refractivity contribution in [2.45, 2.75) is 17.3 Å². The van der Waals surface area contributed by atoms with Gasteiger partial charge in [-0.1, -0.05) is 42.1 Å². The van der Waals surface area contributed by atoms with Gasteiger partial charge in [0.1, 0.15) is 5.60 Å². The zero-order valence-electron chi connectivity index (χ0n) is 11.7. The Morgan fingerprint density at radius 2 is 2.30 bits per heavy atom. The van der Waals surface area contributed by atoms with Gasteiger partial charge in [-0.3, -0.25) is 4.99 Å². The Labute approximate surface area is 123 Å². The van der Waals surface area contributed by atoms with Crippen LogP contribution in [-0.4, -0.2) is 44.2 Å². The third-order valence-electron chi connectivity index (χ3n) is 3.89. The summed E-state index contributed by atoms with van der Waals surface area (Å²) in [5.74, 6) is 0. The molecule has 5 heteroatoms. The lowest BCUT2D eigenvalue weighted by atomic mass is 10.0. The molecule has 2 aliphatic heterocycles. The summed E-state index contributed by atoms with van der Waals surface area (Å²) >= 11 is 1.80. The van der Waals surface area contributed by atoms with Crippen LogP contribution in [0.25, 0.3) is 0 Å². The largest absolute Gasteiger partial charge is 0.378 e. The number of amidine groups is 1. The summed E-state index contributed by atoms with van der Waals surface area (Å²) in [5.41, 5.74) is 1.15. The Morgan fingerprint density at radius 1 is 1.45 bits per heavy atom. The summed E-state index contributed by atoms with van der Waals surface area (Å²) < 4.78 is 11.1. The summed E-state index contributed by atoms with van der Waals surface area (Å²) in [7, 11) is 1.76. The van der Waals surface area contributed by atoms with Crippen molar-refractivity contribution in [1.29, 1.82) is 0 Å².